The van der Waals surface area contributed by atoms with Gasteiger partial charge in [-0.2, -0.15) is 4.98 Å². The summed E-state index contributed by atoms with van der Waals surface area (Å²) in [5.41, 5.74) is 33.4. The molecule has 0 N–H and O–H groups in total. The van der Waals surface area contributed by atoms with E-state index in [4.69, 9.17) is 13.3 Å². The van der Waals surface area contributed by atoms with Crippen LogP contribution in [0.25, 0.3) is 185 Å². The molecule has 0 aliphatic heterocycles. The molecule has 14 aromatic carbocycles. The van der Waals surface area contributed by atoms with Gasteiger partial charge in [-0.05, 0) is 241 Å². The molecular formula is C121H107N9O3S. The Labute approximate surface area is 783 Å². The molecule has 13 heteroatoms. The Morgan fingerprint density at radius 2 is 0.657 bits per heavy atom. The minimum atomic E-state index is 0.151. The lowest BCUT2D eigenvalue weighted by Gasteiger charge is -2.21. The van der Waals surface area contributed by atoms with Gasteiger partial charge in [0.2, 0.25) is 17.1 Å². The number of thiophene rings is 1. The maximum atomic E-state index is 5.70. The van der Waals surface area contributed by atoms with Crippen molar-refractivity contribution in [2.45, 2.75) is 95.4 Å². The van der Waals surface area contributed by atoms with Crippen LogP contribution in [-0.4, -0.2) is 43.2 Å². The van der Waals surface area contributed by atoms with Gasteiger partial charge in [-0.1, -0.05) is 243 Å². The fourth-order valence-corrected chi connectivity index (χ4v) is 20.3. The number of hydrogen-bond donors (Lipinski definition) is 0. The summed E-state index contributed by atoms with van der Waals surface area (Å²) in [5, 5.41) is 19.9. The number of benzene rings is 14. The third kappa shape index (κ3) is 17.0. The largest absolute Gasteiger partial charge is 0.438 e. The monoisotopic (exact) mass is 1770 g/mol. The molecule has 0 saturated carbocycles. The Morgan fingerprint density at radius 3 is 1.22 bits per heavy atom. The minimum absolute atomic E-state index is 0.151. The first-order valence-electron chi connectivity index (χ1n) is 45.7. The van der Waals surface area contributed by atoms with E-state index in [1.807, 2.05) is 76.5 Å². The summed E-state index contributed by atoms with van der Waals surface area (Å²) in [6, 6.07) is 115. The Kier molecular flexibility index (Phi) is 24.0. The van der Waals surface area contributed by atoms with Crippen LogP contribution in [-0.2, 0) is 33.6 Å². The topological polar surface area (TPSA) is 124 Å². The number of hydrogen-bond acceptors (Lipinski definition) is 9. The SMILES string of the molecule is Cc1ccc2c(c1)C(C)(C)c1ccccc1-2.Cc1ccc2c(c1)c1ccccc1n2C.Cc1ccc2c(c1)oc1nc(C)ccc12.Cc1ccc2c(c1)oc1nc(C)ccc12.Cc1ccc2c(c1)oc1nc(C)ncc12.Cc1ccc2c3ccccc3n(C)c2c1.Cc1cccc2c3ccccc3n(C)c12.Cc1cccc2sc3ncccc3c12.Cn1c2ccccc2c2ccccc21. The van der Waals surface area contributed by atoms with E-state index in [0.717, 1.165) is 82.5 Å². The van der Waals surface area contributed by atoms with E-state index in [1.165, 1.54) is 169 Å². The second-order valence-electron chi connectivity index (χ2n) is 36.0. The van der Waals surface area contributed by atoms with E-state index in [1.54, 1.807) is 11.3 Å². The summed E-state index contributed by atoms with van der Waals surface area (Å²) in [6.07, 6.45) is 3.67. The minimum Gasteiger partial charge on any atom is -0.438 e. The molecule has 660 valence electrons. The third-order valence-corrected chi connectivity index (χ3v) is 27.2. The van der Waals surface area contributed by atoms with Crippen LogP contribution in [0.1, 0.15) is 86.7 Å². The zero-order chi connectivity index (χ0) is 92.9. The van der Waals surface area contributed by atoms with Crippen LogP contribution in [0.2, 0.25) is 0 Å². The van der Waals surface area contributed by atoms with Gasteiger partial charge in [-0.15, -0.1) is 11.3 Å². The van der Waals surface area contributed by atoms with Crippen molar-refractivity contribution in [3.63, 3.8) is 0 Å². The number of nitrogens with zero attached hydrogens (tertiary/aromatic N) is 9. The highest BCUT2D eigenvalue weighted by atomic mass is 32.1. The Morgan fingerprint density at radius 1 is 0.269 bits per heavy atom. The molecule has 12 nitrogen and oxygen atoms in total. The van der Waals surface area contributed by atoms with Crippen molar-refractivity contribution in [2.24, 2.45) is 28.2 Å². The number of furan rings is 3. The number of pyridine rings is 3. The summed E-state index contributed by atoms with van der Waals surface area (Å²) >= 11 is 1.76. The molecule has 0 bridgehead atoms. The highest BCUT2D eigenvalue weighted by Gasteiger charge is 2.35. The molecule has 0 spiro atoms. The number of para-hydroxylation sites is 6. The molecule has 12 heterocycles. The molecule has 0 amide bonds. The molecule has 0 atom stereocenters. The zero-order valence-corrected chi connectivity index (χ0v) is 79.8. The average molecular weight is 1770 g/mol. The first kappa shape index (κ1) is 87.7. The lowest BCUT2D eigenvalue weighted by Crippen LogP contribution is -2.14. The van der Waals surface area contributed by atoms with Gasteiger partial charge in [-0.25, -0.2) is 19.9 Å². The number of aromatic nitrogens is 9. The number of fused-ring (bicyclic) bond motifs is 27. The zero-order valence-electron chi connectivity index (χ0n) is 79.0. The van der Waals surface area contributed by atoms with Gasteiger partial charge < -0.3 is 31.5 Å². The van der Waals surface area contributed by atoms with Crippen LogP contribution in [0.4, 0.5) is 0 Å². The van der Waals surface area contributed by atoms with E-state index in [9.17, 15) is 0 Å². The van der Waals surface area contributed by atoms with Crippen molar-refractivity contribution < 1.29 is 13.3 Å². The summed E-state index contributed by atoms with van der Waals surface area (Å²) in [6.45, 7) is 27.4. The van der Waals surface area contributed by atoms with Gasteiger partial charge in [0.05, 0.1) is 10.9 Å². The predicted octanol–water partition coefficient (Wildman–Crippen LogP) is 32.5. The third-order valence-electron chi connectivity index (χ3n) is 26.1. The highest BCUT2D eigenvalue weighted by Crippen LogP contribution is 2.49. The summed E-state index contributed by atoms with van der Waals surface area (Å²) in [7, 11) is 8.51. The molecule has 0 saturated heterocycles. The number of aryl methyl sites for hydroxylation is 15. The van der Waals surface area contributed by atoms with Gasteiger partial charge in [0.15, 0.2) is 0 Å². The van der Waals surface area contributed by atoms with Gasteiger partial charge in [0.1, 0.15) is 27.4 Å². The summed E-state index contributed by atoms with van der Waals surface area (Å²) in [4.78, 5) is 22.7. The maximum absolute atomic E-state index is 5.70. The van der Waals surface area contributed by atoms with Crippen LogP contribution in [0, 0.1) is 76.2 Å². The quantitative estimate of drug-likeness (QED) is 0.147. The van der Waals surface area contributed by atoms with Crippen LogP contribution in [0.15, 0.2) is 353 Å². The van der Waals surface area contributed by atoms with E-state index in [2.05, 4.69) is 425 Å². The number of rotatable bonds is 0. The Bertz CT molecular complexity index is 8440. The van der Waals surface area contributed by atoms with E-state index >= 15 is 0 Å². The molecule has 26 aromatic rings. The van der Waals surface area contributed by atoms with E-state index < -0.39 is 0 Å². The van der Waals surface area contributed by atoms with Gasteiger partial charge in [-0.3, -0.25) is 0 Å². The smallest absolute Gasteiger partial charge is 0.230 e. The Balaban J connectivity index is 0.0000000970. The average Bonchev–Trinajstić information content (AvgIpc) is 1.58. The van der Waals surface area contributed by atoms with Gasteiger partial charge >= 0.3 is 0 Å². The van der Waals surface area contributed by atoms with Crippen molar-refractivity contribution in [3.05, 3.63) is 413 Å². The molecule has 27 rings (SSSR count). The molecule has 0 fully saturated rings. The molecule has 0 radical (unpaired) electrons. The standard InChI is InChI=1S/C16H16.3C14H13N.2C13H11NO.C13H11N.C12H10N2O.C12H9NS/c1-11-8-9-13-12-6-4-5-7-14(12)16(2,3)15(13)10-11;1-10-6-5-8-12-11-7-3-4-9-13(11)15(2)14(10)12;1-10-7-8-14-12(9-10)11-5-3-4-6-13(11)15(14)2;1-10-7-8-12-11-5-3-4-6-13(11)15(2)14(12)9-10;2*1-8-3-5-10-11-6-4-9(2)14-13(11)15-12(10)7-8;1-14-12-8-4-2-6-10(12)11-7-3-5-9-13(11)14;1-7-3-4-9-10-6-13-8(2)14-12(10)15-11(9)5-7;1-8-4-2-6-10-11(8)9-5-3-7-13-12(9)14-10/h4-10H,1-3H3;3*3-9H,1-2H3;2*3-7H,1-2H3;2-9H,1H3;3-6H,1-2H3;2-7H,1H3. The first-order valence-corrected chi connectivity index (χ1v) is 46.5. The van der Waals surface area contributed by atoms with Crippen molar-refractivity contribution in [3.8, 4) is 11.1 Å². The Hall–Kier alpha value is -15.6. The van der Waals surface area contributed by atoms with Crippen LogP contribution < -0.4 is 0 Å². The van der Waals surface area contributed by atoms with Crippen molar-refractivity contribution in [1.29, 1.82) is 0 Å². The van der Waals surface area contributed by atoms with E-state index in [0.29, 0.717) is 5.71 Å². The molecule has 134 heavy (non-hydrogen) atoms. The maximum Gasteiger partial charge on any atom is 0.230 e. The van der Waals surface area contributed by atoms with Crippen molar-refractivity contribution in [1.82, 2.24) is 43.2 Å². The van der Waals surface area contributed by atoms with E-state index in [-0.39, 0.29) is 5.41 Å². The molecular weight excluding hydrogens is 1660 g/mol. The molecule has 0 unspecified atom stereocenters. The van der Waals surface area contributed by atoms with Crippen LogP contribution in [0.5, 0.6) is 0 Å². The van der Waals surface area contributed by atoms with Crippen LogP contribution in [0.3, 0.4) is 0 Å². The normalized spacial score (nSPS) is 11.8. The molecule has 12 aromatic heterocycles. The first-order chi connectivity index (χ1) is 64.9. The van der Waals surface area contributed by atoms with Crippen molar-refractivity contribution >= 4 is 185 Å². The van der Waals surface area contributed by atoms with Crippen LogP contribution >= 0.6 is 11.3 Å². The molecule has 1 aliphatic rings. The fourth-order valence-electron chi connectivity index (χ4n) is 19.2. The molecule has 1 aliphatic carbocycles. The second kappa shape index (κ2) is 36.6. The van der Waals surface area contributed by atoms with Gasteiger partial charge in [0.25, 0.3) is 0 Å². The lowest BCUT2D eigenvalue weighted by molar-refractivity contribution is 0.650. The predicted molar refractivity (Wildman–Crippen MR) is 567 cm³/mol. The summed E-state index contributed by atoms with van der Waals surface area (Å²) < 4.78 is 27.4. The lowest BCUT2D eigenvalue weighted by atomic mass is 9.82. The summed E-state index contributed by atoms with van der Waals surface area (Å²) in [5.74, 6) is 0.735. The highest BCUT2D eigenvalue weighted by molar-refractivity contribution is 7.25. The second-order valence-corrected chi connectivity index (χ2v) is 37.0. The van der Waals surface area contributed by atoms with Gasteiger partial charge in [0, 0.05) is 181 Å². The fraction of sp³-hybridized carbons (Fsp3) is 0.149. The van der Waals surface area contributed by atoms with Crippen molar-refractivity contribution in [2.75, 3.05) is 0 Å².